The van der Waals surface area contributed by atoms with Crippen molar-refractivity contribution in [2.45, 2.75) is 12.5 Å². The van der Waals surface area contributed by atoms with Crippen LogP contribution in [0.1, 0.15) is 5.56 Å². The first kappa shape index (κ1) is 16.3. The quantitative estimate of drug-likeness (QED) is 0.267. The number of nitro benzene ring substituents is 1. The highest BCUT2D eigenvalue weighted by Crippen LogP contribution is 2.24. The third-order valence-corrected chi connectivity index (χ3v) is 2.72. The number of Topliss-reactive ketones (excluding diaryl/α,β-unsaturated/α-hetero) is 1. The fourth-order valence-corrected chi connectivity index (χ4v) is 1.83. The smallest absolute Gasteiger partial charge is 0.405 e. The lowest BCUT2D eigenvalue weighted by atomic mass is 10.0. The molecule has 0 heterocycles. The van der Waals surface area contributed by atoms with E-state index in [0.29, 0.717) is 6.21 Å². The molecule has 9 nitrogen and oxygen atoms in total. The average Bonchev–Trinajstić information content (AvgIpc) is 2.37. The summed E-state index contributed by atoms with van der Waals surface area (Å²) in [6.07, 6.45) is -1.30. The Labute approximate surface area is 122 Å². The summed E-state index contributed by atoms with van der Waals surface area (Å²) in [5, 5.41) is 21.7. The number of carbonyl (C=O) groups excluding carboxylic acids is 1. The molecule has 0 aliphatic rings. The monoisotopic (exact) mass is 312 g/mol. The van der Waals surface area contributed by atoms with Gasteiger partial charge < -0.3 is 16.0 Å². The predicted octanol–water partition coefficient (Wildman–Crippen LogP) is 1.30. The van der Waals surface area contributed by atoms with E-state index in [4.69, 9.17) is 22.2 Å². The number of amides is 1. The number of benzene rings is 1. The van der Waals surface area contributed by atoms with Gasteiger partial charge in [-0.3, -0.25) is 14.9 Å². The molecule has 0 saturated carbocycles. The minimum atomic E-state index is -1.50. The Morgan fingerprint density at radius 1 is 1.57 bits per heavy atom. The third kappa shape index (κ3) is 4.68. The van der Waals surface area contributed by atoms with Gasteiger partial charge in [-0.1, -0.05) is 11.6 Å². The highest BCUT2D eigenvalue weighted by Gasteiger charge is 2.26. The molecule has 0 aromatic heterocycles. The average molecular weight is 313 g/mol. The first-order valence-corrected chi connectivity index (χ1v) is 5.86. The third-order valence-electron chi connectivity index (χ3n) is 2.49. The SMILES string of the molecule is [N-]=[N+]=CC(=O)C(Cc1cc(Cl)ccc1[N+](=O)[O-])NC(=O)O. The second-order valence-corrected chi connectivity index (χ2v) is 4.32. The zero-order valence-corrected chi connectivity index (χ0v) is 11.1. The fraction of sp³-hybridized carbons (Fsp3) is 0.182. The molecule has 10 heteroatoms. The Balaban J connectivity index is 3.16. The van der Waals surface area contributed by atoms with Gasteiger partial charge in [0, 0.05) is 23.1 Å². The van der Waals surface area contributed by atoms with Crippen molar-refractivity contribution in [1.29, 1.82) is 0 Å². The van der Waals surface area contributed by atoms with Crippen molar-refractivity contribution in [3.05, 3.63) is 44.4 Å². The van der Waals surface area contributed by atoms with Gasteiger partial charge in [0.15, 0.2) is 0 Å². The maximum absolute atomic E-state index is 11.6. The van der Waals surface area contributed by atoms with Crippen LogP contribution in [0.25, 0.3) is 5.53 Å². The molecule has 1 rings (SSSR count). The zero-order chi connectivity index (χ0) is 16.0. The Bertz CT molecular complexity index is 642. The van der Waals surface area contributed by atoms with E-state index in [1.54, 1.807) is 0 Å². The lowest BCUT2D eigenvalue weighted by Gasteiger charge is -2.12. The van der Waals surface area contributed by atoms with Crippen LogP contribution in [0.3, 0.4) is 0 Å². The molecule has 0 aliphatic heterocycles. The minimum Gasteiger partial charge on any atom is -0.465 e. The van der Waals surface area contributed by atoms with Crippen molar-refractivity contribution in [2.24, 2.45) is 0 Å². The molecule has 0 bridgehead atoms. The molecular formula is C11H9ClN4O5. The van der Waals surface area contributed by atoms with Gasteiger partial charge in [-0.05, 0) is 12.1 Å². The molecule has 0 saturated heterocycles. The standard InChI is InChI=1S/C11H9ClN4O5/c12-7-1-2-9(16(20)21)6(3-7)4-8(15-11(18)19)10(17)5-14-13/h1-3,5,8,15H,4H2,(H,18,19). The molecule has 0 fully saturated rings. The van der Waals surface area contributed by atoms with Gasteiger partial charge >= 0.3 is 12.3 Å². The van der Waals surface area contributed by atoms with E-state index in [0.717, 1.165) is 6.07 Å². The van der Waals surface area contributed by atoms with Crippen LogP contribution in [0.5, 0.6) is 0 Å². The Morgan fingerprint density at radius 2 is 2.24 bits per heavy atom. The number of hydrogen-bond acceptors (Lipinski definition) is 4. The second kappa shape index (κ2) is 7.13. The van der Waals surface area contributed by atoms with Crippen LogP contribution in [0, 0.1) is 10.1 Å². The van der Waals surface area contributed by atoms with Crippen molar-refractivity contribution < 1.29 is 24.4 Å². The topological polar surface area (TPSA) is 146 Å². The number of carboxylic acid groups (broad SMARTS) is 1. The van der Waals surface area contributed by atoms with E-state index in [1.807, 2.05) is 5.32 Å². The number of nitro groups is 1. The summed E-state index contributed by atoms with van der Waals surface area (Å²) in [7, 11) is 0. The van der Waals surface area contributed by atoms with Crippen molar-refractivity contribution in [3.63, 3.8) is 0 Å². The van der Waals surface area contributed by atoms with Crippen molar-refractivity contribution in [2.75, 3.05) is 0 Å². The van der Waals surface area contributed by atoms with Crippen LogP contribution < -0.4 is 5.32 Å². The molecule has 0 aliphatic carbocycles. The van der Waals surface area contributed by atoms with Crippen molar-refractivity contribution >= 4 is 35.4 Å². The number of carbonyl (C=O) groups is 2. The molecule has 0 radical (unpaired) electrons. The van der Waals surface area contributed by atoms with Gasteiger partial charge in [0.1, 0.15) is 6.04 Å². The maximum Gasteiger partial charge on any atom is 0.405 e. The Kier molecular flexibility index (Phi) is 5.53. The van der Waals surface area contributed by atoms with Crippen LogP contribution in [0.4, 0.5) is 10.5 Å². The largest absolute Gasteiger partial charge is 0.465 e. The van der Waals surface area contributed by atoms with E-state index in [2.05, 4.69) is 4.79 Å². The van der Waals surface area contributed by atoms with Gasteiger partial charge in [0.05, 0.1) is 4.92 Å². The van der Waals surface area contributed by atoms with Gasteiger partial charge in [-0.2, -0.15) is 4.79 Å². The van der Waals surface area contributed by atoms with E-state index < -0.39 is 22.8 Å². The summed E-state index contributed by atoms with van der Waals surface area (Å²) in [5.74, 6) is -0.853. The van der Waals surface area contributed by atoms with E-state index >= 15 is 0 Å². The maximum atomic E-state index is 11.6. The minimum absolute atomic E-state index is 0.0749. The molecule has 2 N–H and O–H groups in total. The molecular weight excluding hydrogens is 304 g/mol. The number of nitrogens with one attached hydrogen (secondary N) is 1. The van der Waals surface area contributed by atoms with Crippen LogP contribution in [-0.2, 0) is 11.2 Å². The molecule has 1 aromatic rings. The molecule has 1 atom stereocenters. The summed E-state index contributed by atoms with van der Waals surface area (Å²) in [5.41, 5.74) is 8.09. The van der Waals surface area contributed by atoms with E-state index in [9.17, 15) is 19.7 Å². The summed E-state index contributed by atoms with van der Waals surface area (Å²) in [6.45, 7) is 0. The number of hydrogen-bond donors (Lipinski definition) is 2. The van der Waals surface area contributed by atoms with Crippen LogP contribution in [0.15, 0.2) is 18.2 Å². The lowest BCUT2D eigenvalue weighted by Crippen LogP contribution is -2.42. The van der Waals surface area contributed by atoms with Crippen LogP contribution >= 0.6 is 11.6 Å². The molecule has 1 unspecified atom stereocenters. The summed E-state index contributed by atoms with van der Waals surface area (Å²) >= 11 is 5.74. The molecule has 110 valence electrons. The molecule has 1 aromatic carbocycles. The highest BCUT2D eigenvalue weighted by atomic mass is 35.5. The second-order valence-electron chi connectivity index (χ2n) is 3.88. The zero-order valence-electron chi connectivity index (χ0n) is 10.4. The number of halogens is 1. The first-order valence-electron chi connectivity index (χ1n) is 5.48. The summed E-state index contributed by atoms with van der Waals surface area (Å²) in [4.78, 5) is 35.0. The number of nitrogens with zero attached hydrogens (tertiary/aromatic N) is 3. The molecule has 1 amide bonds. The van der Waals surface area contributed by atoms with Gasteiger partial charge in [0.2, 0.25) is 0 Å². The predicted molar refractivity (Wildman–Crippen MR) is 71.4 cm³/mol. The van der Waals surface area contributed by atoms with Crippen LogP contribution in [0.2, 0.25) is 5.02 Å². The molecule has 21 heavy (non-hydrogen) atoms. The Hall–Kier alpha value is -2.77. The Morgan fingerprint density at radius 3 is 2.76 bits per heavy atom. The van der Waals surface area contributed by atoms with E-state index in [-0.39, 0.29) is 22.7 Å². The fourth-order valence-electron chi connectivity index (χ4n) is 1.63. The highest BCUT2D eigenvalue weighted by molar-refractivity contribution is 6.30. The van der Waals surface area contributed by atoms with Gasteiger partial charge in [-0.15, -0.1) is 0 Å². The normalized spacial score (nSPS) is 11.1. The van der Waals surface area contributed by atoms with Gasteiger partial charge in [-0.25, -0.2) is 4.79 Å². The van der Waals surface area contributed by atoms with Crippen LogP contribution in [-0.4, -0.2) is 39.0 Å². The first-order chi connectivity index (χ1) is 9.85. The van der Waals surface area contributed by atoms with Gasteiger partial charge in [0.25, 0.3) is 11.5 Å². The number of ketones is 1. The summed E-state index contributed by atoms with van der Waals surface area (Å²) in [6, 6.07) is 2.38. The van der Waals surface area contributed by atoms with E-state index in [1.165, 1.54) is 12.1 Å². The number of rotatable bonds is 6. The lowest BCUT2D eigenvalue weighted by molar-refractivity contribution is -0.385. The van der Waals surface area contributed by atoms with Crippen molar-refractivity contribution in [3.8, 4) is 0 Å². The van der Waals surface area contributed by atoms with Crippen molar-refractivity contribution in [1.82, 2.24) is 5.32 Å². The summed E-state index contributed by atoms with van der Waals surface area (Å²) < 4.78 is 0. The molecule has 0 spiro atoms.